The van der Waals surface area contributed by atoms with E-state index in [2.05, 4.69) is 52.6 Å². The van der Waals surface area contributed by atoms with Crippen molar-refractivity contribution in [1.29, 1.82) is 0 Å². The summed E-state index contributed by atoms with van der Waals surface area (Å²) >= 11 is 0. The van der Waals surface area contributed by atoms with Crippen molar-refractivity contribution in [1.82, 2.24) is 15.5 Å². The molecule has 1 atom stereocenters. The van der Waals surface area contributed by atoms with E-state index in [-0.39, 0.29) is 0 Å². The second-order valence-electron chi connectivity index (χ2n) is 7.69. The fourth-order valence-corrected chi connectivity index (χ4v) is 3.32. The average Bonchev–Trinajstić information content (AvgIpc) is 2.62. The van der Waals surface area contributed by atoms with Crippen LogP contribution in [0, 0.1) is 13.8 Å². The highest BCUT2D eigenvalue weighted by Crippen LogP contribution is 2.11. The highest BCUT2D eigenvalue weighted by atomic mass is 16.5. The molecule has 0 saturated carbocycles. The molecule has 6 nitrogen and oxygen atoms in total. The van der Waals surface area contributed by atoms with E-state index in [1.807, 2.05) is 13.8 Å². The van der Waals surface area contributed by atoms with Gasteiger partial charge in [0.15, 0.2) is 5.96 Å². The maximum atomic E-state index is 10.7. The van der Waals surface area contributed by atoms with Crippen LogP contribution >= 0.6 is 0 Å². The fraction of sp³-hybridized carbons (Fsp3) is 0.667. The van der Waals surface area contributed by atoms with E-state index in [0.717, 1.165) is 51.8 Å². The van der Waals surface area contributed by atoms with Crippen LogP contribution in [0.2, 0.25) is 0 Å². The van der Waals surface area contributed by atoms with Crippen LogP contribution in [0.5, 0.6) is 0 Å². The van der Waals surface area contributed by atoms with Crippen LogP contribution < -0.4 is 10.6 Å². The second kappa shape index (κ2) is 10.6. The summed E-state index contributed by atoms with van der Waals surface area (Å²) in [6, 6.07) is 6.57. The maximum Gasteiger partial charge on any atom is 0.191 e. The van der Waals surface area contributed by atoms with E-state index in [0.29, 0.717) is 13.1 Å². The zero-order valence-electron chi connectivity index (χ0n) is 17.3. The standard InChI is InChI=1S/C21H36N4O2/c1-5-22-20(23-9-8-19-7-6-17(2)14-18(19)3)24-15-21(4,26)16-25-10-12-27-13-11-25/h6-7,14,26H,5,8-13,15-16H2,1-4H3,(H2,22,23,24). The summed E-state index contributed by atoms with van der Waals surface area (Å²) in [5.74, 6) is 0.754. The van der Waals surface area contributed by atoms with E-state index in [1.54, 1.807) is 0 Å². The van der Waals surface area contributed by atoms with Crippen LogP contribution in [0.4, 0.5) is 0 Å². The number of aliphatic imine (C=N–C) groups is 1. The Morgan fingerprint density at radius 1 is 1.26 bits per heavy atom. The highest BCUT2D eigenvalue weighted by Gasteiger charge is 2.25. The van der Waals surface area contributed by atoms with Gasteiger partial charge in [0.1, 0.15) is 0 Å². The summed E-state index contributed by atoms with van der Waals surface area (Å²) in [5.41, 5.74) is 3.12. The van der Waals surface area contributed by atoms with Gasteiger partial charge in [-0.15, -0.1) is 0 Å². The first-order valence-corrected chi connectivity index (χ1v) is 10.0. The van der Waals surface area contributed by atoms with Gasteiger partial charge < -0.3 is 20.5 Å². The van der Waals surface area contributed by atoms with Crippen LogP contribution in [-0.2, 0) is 11.2 Å². The molecule has 6 heteroatoms. The lowest BCUT2D eigenvalue weighted by atomic mass is 10.0. The Morgan fingerprint density at radius 3 is 2.67 bits per heavy atom. The third-order valence-electron chi connectivity index (χ3n) is 4.77. The number of β-amino-alcohol motifs (C(OH)–C–C–N with tert-alkyl or cyclic N) is 1. The van der Waals surface area contributed by atoms with Crippen molar-refractivity contribution >= 4 is 5.96 Å². The first kappa shape index (κ1) is 21.7. The molecule has 1 aliphatic heterocycles. The van der Waals surface area contributed by atoms with Crippen LogP contribution in [0.1, 0.15) is 30.5 Å². The number of aryl methyl sites for hydroxylation is 2. The molecule has 2 rings (SSSR count). The SMILES string of the molecule is CCNC(=NCC(C)(O)CN1CCOCC1)NCCc1ccc(C)cc1C. The van der Waals surface area contributed by atoms with E-state index in [9.17, 15) is 5.11 Å². The lowest BCUT2D eigenvalue weighted by Gasteiger charge is -2.33. The molecule has 0 amide bonds. The Labute approximate surface area is 164 Å². The zero-order valence-corrected chi connectivity index (χ0v) is 17.3. The molecular formula is C21H36N4O2. The number of rotatable bonds is 8. The van der Waals surface area contributed by atoms with Gasteiger partial charge in [0.25, 0.3) is 0 Å². The molecule has 0 radical (unpaired) electrons. The quantitative estimate of drug-likeness (QED) is 0.474. The number of nitrogens with zero attached hydrogens (tertiary/aromatic N) is 2. The zero-order chi connectivity index (χ0) is 19.7. The van der Waals surface area contributed by atoms with E-state index >= 15 is 0 Å². The number of guanidine groups is 1. The third kappa shape index (κ3) is 7.87. The van der Waals surface area contributed by atoms with E-state index in [1.165, 1.54) is 16.7 Å². The molecule has 27 heavy (non-hydrogen) atoms. The number of aliphatic hydroxyl groups is 1. The number of hydrogen-bond donors (Lipinski definition) is 3. The number of nitrogens with one attached hydrogen (secondary N) is 2. The molecule has 3 N–H and O–H groups in total. The maximum absolute atomic E-state index is 10.7. The predicted octanol–water partition coefficient (Wildman–Crippen LogP) is 1.48. The Kier molecular flexibility index (Phi) is 8.54. The molecule has 152 valence electrons. The van der Waals surface area contributed by atoms with Crippen molar-refractivity contribution in [2.45, 2.75) is 39.7 Å². The highest BCUT2D eigenvalue weighted by molar-refractivity contribution is 5.79. The van der Waals surface area contributed by atoms with Crippen molar-refractivity contribution in [2.75, 3.05) is 52.5 Å². The molecule has 1 fully saturated rings. The lowest BCUT2D eigenvalue weighted by molar-refractivity contribution is -0.0179. The minimum absolute atomic E-state index is 0.364. The number of ether oxygens (including phenoxy) is 1. The van der Waals surface area contributed by atoms with E-state index < -0.39 is 5.60 Å². The minimum atomic E-state index is -0.854. The number of morpholine rings is 1. The summed E-state index contributed by atoms with van der Waals surface area (Å²) in [5, 5.41) is 17.3. The molecule has 0 aliphatic carbocycles. The fourth-order valence-electron chi connectivity index (χ4n) is 3.32. The van der Waals surface area contributed by atoms with Crippen molar-refractivity contribution in [3.8, 4) is 0 Å². The molecule has 0 spiro atoms. The molecule has 1 aromatic carbocycles. The number of hydrogen-bond acceptors (Lipinski definition) is 4. The van der Waals surface area contributed by atoms with Gasteiger partial charge in [0, 0.05) is 32.7 Å². The second-order valence-corrected chi connectivity index (χ2v) is 7.69. The summed E-state index contributed by atoms with van der Waals surface area (Å²) in [6.45, 7) is 14.0. The smallest absolute Gasteiger partial charge is 0.191 e. The first-order chi connectivity index (χ1) is 12.9. The monoisotopic (exact) mass is 376 g/mol. The summed E-state index contributed by atoms with van der Waals surface area (Å²) in [4.78, 5) is 6.84. The molecule has 1 heterocycles. The summed E-state index contributed by atoms with van der Waals surface area (Å²) in [6.07, 6.45) is 0.945. The van der Waals surface area contributed by atoms with Gasteiger partial charge in [-0.05, 0) is 45.2 Å². The van der Waals surface area contributed by atoms with Crippen LogP contribution in [-0.4, -0.2) is 74.0 Å². The predicted molar refractivity (Wildman–Crippen MR) is 111 cm³/mol. The van der Waals surface area contributed by atoms with Crippen molar-refractivity contribution in [2.24, 2.45) is 4.99 Å². The van der Waals surface area contributed by atoms with Crippen molar-refractivity contribution < 1.29 is 9.84 Å². The summed E-state index contributed by atoms with van der Waals surface area (Å²) < 4.78 is 5.37. The van der Waals surface area contributed by atoms with Gasteiger partial charge in [-0.3, -0.25) is 9.89 Å². The van der Waals surface area contributed by atoms with Gasteiger partial charge in [-0.1, -0.05) is 23.8 Å². The Morgan fingerprint density at radius 2 is 2.00 bits per heavy atom. The Bertz CT molecular complexity index is 610. The van der Waals surface area contributed by atoms with Crippen LogP contribution in [0.3, 0.4) is 0 Å². The molecule has 1 unspecified atom stereocenters. The third-order valence-corrected chi connectivity index (χ3v) is 4.77. The minimum Gasteiger partial charge on any atom is -0.387 e. The Balaban J connectivity index is 1.84. The molecule has 1 aromatic rings. The Hall–Kier alpha value is -1.63. The largest absolute Gasteiger partial charge is 0.387 e. The molecule has 1 aliphatic rings. The molecule has 1 saturated heterocycles. The topological polar surface area (TPSA) is 69.1 Å². The van der Waals surface area contributed by atoms with Gasteiger partial charge in [-0.2, -0.15) is 0 Å². The van der Waals surface area contributed by atoms with Gasteiger partial charge >= 0.3 is 0 Å². The van der Waals surface area contributed by atoms with E-state index in [4.69, 9.17) is 4.74 Å². The molecular weight excluding hydrogens is 340 g/mol. The lowest BCUT2D eigenvalue weighted by Crippen LogP contribution is -2.48. The number of benzene rings is 1. The van der Waals surface area contributed by atoms with Crippen LogP contribution in [0.25, 0.3) is 0 Å². The molecule has 0 aromatic heterocycles. The van der Waals surface area contributed by atoms with Crippen LogP contribution in [0.15, 0.2) is 23.2 Å². The average molecular weight is 377 g/mol. The normalized spacial score (nSPS) is 18.2. The van der Waals surface area contributed by atoms with Gasteiger partial charge in [0.2, 0.25) is 0 Å². The summed E-state index contributed by atoms with van der Waals surface area (Å²) in [7, 11) is 0. The van der Waals surface area contributed by atoms with Crippen molar-refractivity contribution in [3.05, 3.63) is 34.9 Å². The van der Waals surface area contributed by atoms with Gasteiger partial charge in [-0.25, -0.2) is 0 Å². The van der Waals surface area contributed by atoms with Gasteiger partial charge in [0.05, 0.1) is 25.4 Å². The first-order valence-electron chi connectivity index (χ1n) is 10.0. The van der Waals surface area contributed by atoms with Crippen molar-refractivity contribution in [3.63, 3.8) is 0 Å². The molecule has 0 bridgehead atoms.